The van der Waals surface area contributed by atoms with Crippen molar-refractivity contribution in [2.24, 2.45) is 0 Å². The normalized spacial score (nSPS) is 11.1. The first-order valence-corrected chi connectivity index (χ1v) is 7.48. The second-order valence-corrected chi connectivity index (χ2v) is 6.21. The molecule has 3 N–H and O–H groups in total. The topological polar surface area (TPSA) is 115 Å². The fourth-order valence-electron chi connectivity index (χ4n) is 1.63. The van der Waals surface area contributed by atoms with Crippen molar-refractivity contribution < 1.29 is 13.3 Å². The summed E-state index contributed by atoms with van der Waals surface area (Å²) in [7, 11) is -3.91. The molecule has 0 bridgehead atoms. The van der Waals surface area contributed by atoms with Gasteiger partial charge in [-0.3, -0.25) is 14.8 Å². The van der Waals surface area contributed by atoms with E-state index in [1.165, 1.54) is 12.1 Å². The van der Waals surface area contributed by atoms with Gasteiger partial charge in [-0.15, -0.1) is 0 Å². The van der Waals surface area contributed by atoms with Crippen LogP contribution in [-0.4, -0.2) is 13.3 Å². The molecular weight excluding hydrogens is 318 g/mol. The SMILES string of the molecule is Nc1cc(S(=O)(=O)Nc2cccc(Cl)c2)ccc1[N+](=O)[O-]. The maximum atomic E-state index is 12.2. The first-order valence-electron chi connectivity index (χ1n) is 5.62. The standard InChI is InChI=1S/C12H10ClN3O4S/c13-8-2-1-3-9(6-8)15-21(19,20)10-4-5-12(16(17)18)11(14)7-10/h1-7,15H,14H2. The second-order valence-electron chi connectivity index (χ2n) is 4.09. The van der Waals surface area contributed by atoms with Crippen molar-refractivity contribution in [3.8, 4) is 0 Å². The smallest absolute Gasteiger partial charge is 0.292 e. The van der Waals surface area contributed by atoms with E-state index < -0.39 is 14.9 Å². The number of nitrogens with zero attached hydrogens (tertiary/aromatic N) is 1. The zero-order valence-electron chi connectivity index (χ0n) is 10.5. The number of rotatable bonds is 4. The number of nitrogen functional groups attached to an aromatic ring is 1. The average molecular weight is 328 g/mol. The van der Waals surface area contributed by atoms with Crippen LogP contribution in [0.5, 0.6) is 0 Å². The molecule has 0 radical (unpaired) electrons. The van der Waals surface area contributed by atoms with E-state index in [2.05, 4.69) is 4.72 Å². The van der Waals surface area contributed by atoms with Gasteiger partial charge in [0, 0.05) is 11.1 Å². The largest absolute Gasteiger partial charge is 0.393 e. The summed E-state index contributed by atoms with van der Waals surface area (Å²) in [5, 5.41) is 11.0. The zero-order chi connectivity index (χ0) is 15.6. The van der Waals surface area contributed by atoms with Crippen molar-refractivity contribution in [3.63, 3.8) is 0 Å². The minimum atomic E-state index is -3.91. The van der Waals surface area contributed by atoms with Crippen molar-refractivity contribution in [1.82, 2.24) is 0 Å². The highest BCUT2D eigenvalue weighted by Gasteiger charge is 2.19. The molecule has 2 aromatic rings. The number of nitro groups is 1. The maximum absolute atomic E-state index is 12.2. The minimum Gasteiger partial charge on any atom is -0.393 e. The van der Waals surface area contributed by atoms with Gasteiger partial charge in [0.05, 0.1) is 15.5 Å². The Bertz CT molecular complexity index is 808. The van der Waals surface area contributed by atoms with Crippen LogP contribution in [0, 0.1) is 10.1 Å². The van der Waals surface area contributed by atoms with Gasteiger partial charge in [0.25, 0.3) is 15.7 Å². The number of halogens is 1. The molecule has 0 heterocycles. The van der Waals surface area contributed by atoms with E-state index in [4.69, 9.17) is 17.3 Å². The summed E-state index contributed by atoms with van der Waals surface area (Å²) in [5.74, 6) is 0. The van der Waals surface area contributed by atoms with Crippen LogP contribution in [0.25, 0.3) is 0 Å². The lowest BCUT2D eigenvalue weighted by atomic mass is 10.3. The maximum Gasteiger partial charge on any atom is 0.292 e. The fourth-order valence-corrected chi connectivity index (χ4v) is 2.91. The molecule has 9 heteroatoms. The van der Waals surface area contributed by atoms with Crippen LogP contribution in [0.4, 0.5) is 17.1 Å². The van der Waals surface area contributed by atoms with Crippen LogP contribution in [0.15, 0.2) is 47.4 Å². The predicted molar refractivity (Wildman–Crippen MR) is 79.8 cm³/mol. The van der Waals surface area contributed by atoms with Crippen molar-refractivity contribution in [2.45, 2.75) is 4.90 Å². The molecule has 0 saturated carbocycles. The van der Waals surface area contributed by atoms with E-state index >= 15 is 0 Å². The molecule has 0 fully saturated rings. The highest BCUT2D eigenvalue weighted by molar-refractivity contribution is 7.92. The number of benzene rings is 2. The van der Waals surface area contributed by atoms with Crippen LogP contribution >= 0.6 is 11.6 Å². The Morgan fingerprint density at radius 1 is 1.19 bits per heavy atom. The van der Waals surface area contributed by atoms with Crippen molar-refractivity contribution in [3.05, 3.63) is 57.6 Å². The molecule has 0 aliphatic carbocycles. The van der Waals surface area contributed by atoms with Gasteiger partial charge in [0.15, 0.2) is 0 Å². The van der Waals surface area contributed by atoms with Gasteiger partial charge in [-0.25, -0.2) is 8.42 Å². The molecular formula is C12H10ClN3O4S. The first-order chi connectivity index (χ1) is 9.79. The molecule has 0 aliphatic rings. The Labute approximate surface area is 125 Å². The quantitative estimate of drug-likeness (QED) is 0.508. The summed E-state index contributed by atoms with van der Waals surface area (Å²) >= 11 is 5.77. The third-order valence-electron chi connectivity index (χ3n) is 2.58. The summed E-state index contributed by atoms with van der Waals surface area (Å²) in [6.07, 6.45) is 0. The molecule has 0 aromatic heterocycles. The van der Waals surface area contributed by atoms with Gasteiger partial charge in [0.2, 0.25) is 0 Å². The molecule has 21 heavy (non-hydrogen) atoms. The van der Waals surface area contributed by atoms with Gasteiger partial charge in [0.1, 0.15) is 5.69 Å². The van der Waals surface area contributed by atoms with Crippen LogP contribution < -0.4 is 10.5 Å². The fraction of sp³-hybridized carbons (Fsp3) is 0. The molecule has 0 atom stereocenters. The molecule has 0 amide bonds. The number of nitrogens with one attached hydrogen (secondary N) is 1. The molecule has 7 nitrogen and oxygen atoms in total. The molecule has 2 rings (SSSR count). The summed E-state index contributed by atoms with van der Waals surface area (Å²) in [4.78, 5) is 9.80. The Morgan fingerprint density at radius 3 is 2.48 bits per heavy atom. The molecule has 2 aromatic carbocycles. The number of nitro benzene ring substituents is 1. The van der Waals surface area contributed by atoms with E-state index in [0.717, 1.165) is 18.2 Å². The molecule has 0 unspecified atom stereocenters. The zero-order valence-corrected chi connectivity index (χ0v) is 12.1. The van der Waals surface area contributed by atoms with Gasteiger partial charge in [-0.1, -0.05) is 17.7 Å². The number of sulfonamides is 1. The molecule has 0 aliphatic heterocycles. The van der Waals surface area contributed by atoms with E-state index in [0.29, 0.717) is 5.02 Å². The molecule has 110 valence electrons. The number of anilines is 2. The Hall–Kier alpha value is -2.32. The van der Waals surface area contributed by atoms with Crippen LogP contribution in [0.3, 0.4) is 0 Å². The van der Waals surface area contributed by atoms with E-state index in [-0.39, 0.29) is 22.0 Å². The average Bonchev–Trinajstić information content (AvgIpc) is 2.37. The van der Waals surface area contributed by atoms with Gasteiger partial charge in [-0.2, -0.15) is 0 Å². The number of nitrogens with two attached hydrogens (primary N) is 1. The molecule has 0 saturated heterocycles. The molecule has 0 spiro atoms. The van der Waals surface area contributed by atoms with E-state index in [9.17, 15) is 18.5 Å². The summed E-state index contributed by atoms with van der Waals surface area (Å²) in [6.45, 7) is 0. The van der Waals surface area contributed by atoms with Crippen molar-refractivity contribution in [1.29, 1.82) is 0 Å². The van der Waals surface area contributed by atoms with E-state index in [1.807, 2.05) is 0 Å². The Morgan fingerprint density at radius 2 is 1.90 bits per heavy atom. The monoisotopic (exact) mass is 327 g/mol. The van der Waals surface area contributed by atoms with Crippen molar-refractivity contribution >= 4 is 38.7 Å². The number of hydrogen-bond acceptors (Lipinski definition) is 5. The summed E-state index contributed by atoms with van der Waals surface area (Å²) < 4.78 is 26.6. The highest BCUT2D eigenvalue weighted by Crippen LogP contribution is 2.26. The lowest BCUT2D eigenvalue weighted by Crippen LogP contribution is -2.13. The number of hydrogen-bond donors (Lipinski definition) is 2. The summed E-state index contributed by atoms with van der Waals surface area (Å²) in [5.41, 5.74) is 5.18. The van der Waals surface area contributed by atoms with Crippen LogP contribution in [0.2, 0.25) is 5.02 Å². The predicted octanol–water partition coefficient (Wildman–Crippen LogP) is 2.63. The highest BCUT2D eigenvalue weighted by atomic mass is 35.5. The lowest BCUT2D eigenvalue weighted by Gasteiger charge is -2.09. The van der Waals surface area contributed by atoms with Gasteiger partial charge >= 0.3 is 0 Å². The Kier molecular flexibility index (Phi) is 4.01. The van der Waals surface area contributed by atoms with Gasteiger partial charge < -0.3 is 5.73 Å². The van der Waals surface area contributed by atoms with Crippen LogP contribution in [-0.2, 0) is 10.0 Å². The summed E-state index contributed by atoms with van der Waals surface area (Å²) in [6, 6.07) is 9.34. The third-order valence-corrected chi connectivity index (χ3v) is 4.20. The third kappa shape index (κ3) is 3.41. The van der Waals surface area contributed by atoms with Crippen molar-refractivity contribution in [2.75, 3.05) is 10.5 Å². The Balaban J connectivity index is 2.36. The minimum absolute atomic E-state index is 0.175. The second kappa shape index (κ2) is 5.58. The van der Waals surface area contributed by atoms with Gasteiger partial charge in [-0.05, 0) is 30.3 Å². The lowest BCUT2D eigenvalue weighted by molar-refractivity contribution is -0.383. The van der Waals surface area contributed by atoms with E-state index in [1.54, 1.807) is 12.1 Å². The first kappa shape index (κ1) is 15.1. The van der Waals surface area contributed by atoms with Crippen LogP contribution in [0.1, 0.15) is 0 Å².